The van der Waals surface area contributed by atoms with Gasteiger partial charge in [0.15, 0.2) is 16.3 Å². The third kappa shape index (κ3) is 1.82. The Balaban J connectivity index is 2.13. The first-order valence-electron chi connectivity index (χ1n) is 5.06. The topological polar surface area (TPSA) is 51.1 Å². The van der Waals surface area contributed by atoms with Gasteiger partial charge in [-0.15, -0.1) is 0 Å². The normalized spacial score (nSPS) is 10.9. The number of benzene rings is 1. The predicted octanol–water partition coefficient (Wildman–Crippen LogP) is 3.59. The summed E-state index contributed by atoms with van der Waals surface area (Å²) in [6, 6.07) is 9.39. The van der Waals surface area contributed by atoms with Crippen molar-refractivity contribution in [2.75, 3.05) is 7.11 Å². The van der Waals surface area contributed by atoms with Crippen molar-refractivity contribution in [2.45, 2.75) is 0 Å². The lowest BCUT2D eigenvalue weighted by Gasteiger charge is -1.96. The molecule has 0 aliphatic carbocycles. The predicted molar refractivity (Wildman–Crippen MR) is 68.0 cm³/mol. The molecule has 0 atom stereocenters. The lowest BCUT2D eigenvalue weighted by molar-refractivity contribution is 0.415. The second kappa shape index (κ2) is 3.92. The van der Waals surface area contributed by atoms with Crippen LogP contribution in [0.15, 0.2) is 39.4 Å². The highest BCUT2D eigenvalue weighted by Crippen LogP contribution is 2.26. The SMILES string of the molecule is COc1ccc2nc(-c3ccc(Br)o3)[nH]c2c1. The zero-order valence-electron chi connectivity index (χ0n) is 9.03. The molecule has 2 heterocycles. The molecule has 3 aromatic rings. The summed E-state index contributed by atoms with van der Waals surface area (Å²) in [6.45, 7) is 0. The van der Waals surface area contributed by atoms with E-state index in [1.54, 1.807) is 7.11 Å². The number of hydrogen-bond donors (Lipinski definition) is 1. The number of ether oxygens (including phenoxy) is 1. The second-order valence-corrected chi connectivity index (χ2v) is 4.35. The van der Waals surface area contributed by atoms with Crippen molar-refractivity contribution in [3.63, 3.8) is 0 Å². The van der Waals surface area contributed by atoms with Gasteiger partial charge in [0.1, 0.15) is 5.75 Å². The fourth-order valence-corrected chi connectivity index (χ4v) is 1.98. The number of nitrogens with one attached hydrogen (secondary N) is 1. The van der Waals surface area contributed by atoms with Gasteiger partial charge in [-0.25, -0.2) is 4.98 Å². The van der Waals surface area contributed by atoms with Crippen LogP contribution in [0.3, 0.4) is 0 Å². The largest absolute Gasteiger partial charge is 0.497 e. The van der Waals surface area contributed by atoms with Crippen LogP contribution in [0.25, 0.3) is 22.6 Å². The Morgan fingerprint density at radius 1 is 1.29 bits per heavy atom. The zero-order valence-corrected chi connectivity index (χ0v) is 10.6. The van der Waals surface area contributed by atoms with Crippen LogP contribution in [-0.4, -0.2) is 17.1 Å². The monoisotopic (exact) mass is 292 g/mol. The Kier molecular flexibility index (Phi) is 2.40. The molecule has 3 rings (SSSR count). The molecule has 17 heavy (non-hydrogen) atoms. The third-order valence-electron chi connectivity index (χ3n) is 2.50. The number of fused-ring (bicyclic) bond motifs is 1. The molecule has 0 bridgehead atoms. The Morgan fingerprint density at radius 3 is 2.88 bits per heavy atom. The average Bonchev–Trinajstić information content (AvgIpc) is 2.93. The molecule has 0 aliphatic rings. The zero-order chi connectivity index (χ0) is 11.8. The van der Waals surface area contributed by atoms with Gasteiger partial charge in [-0.3, -0.25) is 0 Å². The van der Waals surface area contributed by atoms with Crippen molar-refractivity contribution in [1.29, 1.82) is 0 Å². The van der Waals surface area contributed by atoms with Crippen LogP contribution < -0.4 is 4.74 Å². The first-order chi connectivity index (χ1) is 8.26. The fourth-order valence-electron chi connectivity index (χ4n) is 1.67. The number of halogens is 1. The Labute approximate surface area is 106 Å². The van der Waals surface area contributed by atoms with E-state index in [-0.39, 0.29) is 0 Å². The molecule has 0 saturated carbocycles. The summed E-state index contributed by atoms with van der Waals surface area (Å²) in [5.74, 6) is 2.21. The third-order valence-corrected chi connectivity index (χ3v) is 2.92. The van der Waals surface area contributed by atoms with Crippen molar-refractivity contribution in [1.82, 2.24) is 9.97 Å². The van der Waals surface area contributed by atoms with E-state index >= 15 is 0 Å². The van der Waals surface area contributed by atoms with Gasteiger partial charge in [-0.2, -0.15) is 0 Å². The number of H-pyrrole nitrogens is 1. The van der Waals surface area contributed by atoms with E-state index in [1.807, 2.05) is 30.3 Å². The van der Waals surface area contributed by atoms with Crippen molar-refractivity contribution in [2.24, 2.45) is 0 Å². The second-order valence-electron chi connectivity index (χ2n) is 3.57. The molecule has 0 amide bonds. The Bertz CT molecular complexity index is 672. The summed E-state index contributed by atoms with van der Waals surface area (Å²) in [5.41, 5.74) is 1.81. The Morgan fingerprint density at radius 2 is 2.18 bits per heavy atom. The number of aromatic nitrogens is 2. The molecule has 2 aromatic heterocycles. The van der Waals surface area contributed by atoms with Crippen LogP contribution in [0, 0.1) is 0 Å². The quantitative estimate of drug-likeness (QED) is 0.785. The van der Waals surface area contributed by atoms with Gasteiger partial charge in [-0.1, -0.05) is 0 Å². The van der Waals surface area contributed by atoms with Crippen LogP contribution in [0.2, 0.25) is 0 Å². The van der Waals surface area contributed by atoms with Crippen LogP contribution >= 0.6 is 15.9 Å². The standard InChI is InChI=1S/C12H9BrN2O2/c1-16-7-2-3-8-9(6-7)15-12(14-8)10-4-5-11(13)17-10/h2-6H,1H3,(H,14,15). The number of furan rings is 1. The van der Waals surface area contributed by atoms with E-state index in [9.17, 15) is 0 Å². The molecule has 0 unspecified atom stereocenters. The van der Waals surface area contributed by atoms with E-state index in [0.29, 0.717) is 16.3 Å². The van der Waals surface area contributed by atoms with Gasteiger partial charge in [0.2, 0.25) is 0 Å². The van der Waals surface area contributed by atoms with Gasteiger partial charge < -0.3 is 14.1 Å². The number of aromatic amines is 1. The van der Waals surface area contributed by atoms with Gasteiger partial charge in [0.25, 0.3) is 0 Å². The van der Waals surface area contributed by atoms with Gasteiger partial charge in [0.05, 0.1) is 18.1 Å². The summed E-state index contributed by atoms with van der Waals surface area (Å²) in [5, 5.41) is 0. The van der Waals surface area contributed by atoms with Gasteiger partial charge in [-0.05, 0) is 40.2 Å². The lowest BCUT2D eigenvalue weighted by atomic mass is 10.3. The minimum Gasteiger partial charge on any atom is -0.497 e. The molecule has 0 fully saturated rings. The van der Waals surface area contributed by atoms with Crippen molar-refractivity contribution >= 4 is 27.0 Å². The maximum Gasteiger partial charge on any atom is 0.174 e. The summed E-state index contributed by atoms with van der Waals surface area (Å²) < 4.78 is 11.3. The maximum atomic E-state index is 5.45. The van der Waals surface area contributed by atoms with E-state index in [1.165, 1.54) is 0 Å². The summed E-state index contributed by atoms with van der Waals surface area (Å²) in [6.07, 6.45) is 0. The summed E-state index contributed by atoms with van der Waals surface area (Å²) in [4.78, 5) is 7.64. The number of methoxy groups -OCH3 is 1. The smallest absolute Gasteiger partial charge is 0.174 e. The first-order valence-corrected chi connectivity index (χ1v) is 5.85. The fraction of sp³-hybridized carbons (Fsp3) is 0.0833. The number of nitrogens with zero attached hydrogens (tertiary/aromatic N) is 1. The summed E-state index contributed by atoms with van der Waals surface area (Å²) in [7, 11) is 1.64. The first kappa shape index (κ1) is 10.4. The van der Waals surface area contributed by atoms with E-state index in [2.05, 4.69) is 25.9 Å². The van der Waals surface area contributed by atoms with Crippen LogP contribution in [0.5, 0.6) is 5.75 Å². The average molecular weight is 293 g/mol. The molecule has 1 N–H and O–H groups in total. The molecule has 0 radical (unpaired) electrons. The highest BCUT2D eigenvalue weighted by Gasteiger charge is 2.09. The molecular formula is C12H9BrN2O2. The van der Waals surface area contributed by atoms with E-state index in [0.717, 1.165) is 16.8 Å². The van der Waals surface area contributed by atoms with Crippen LogP contribution in [0.1, 0.15) is 0 Å². The van der Waals surface area contributed by atoms with Gasteiger partial charge >= 0.3 is 0 Å². The molecule has 86 valence electrons. The molecular weight excluding hydrogens is 284 g/mol. The highest BCUT2D eigenvalue weighted by molar-refractivity contribution is 9.10. The van der Waals surface area contributed by atoms with E-state index in [4.69, 9.17) is 9.15 Å². The van der Waals surface area contributed by atoms with Crippen molar-refractivity contribution < 1.29 is 9.15 Å². The Hall–Kier alpha value is -1.75. The molecule has 0 spiro atoms. The lowest BCUT2D eigenvalue weighted by Crippen LogP contribution is -1.81. The molecule has 4 nitrogen and oxygen atoms in total. The molecule has 1 aromatic carbocycles. The summed E-state index contributed by atoms with van der Waals surface area (Å²) >= 11 is 3.27. The van der Waals surface area contributed by atoms with Crippen molar-refractivity contribution in [3.05, 3.63) is 35.0 Å². The van der Waals surface area contributed by atoms with Gasteiger partial charge in [0, 0.05) is 6.07 Å². The molecule has 5 heteroatoms. The number of hydrogen-bond acceptors (Lipinski definition) is 3. The van der Waals surface area contributed by atoms with Crippen LogP contribution in [-0.2, 0) is 0 Å². The maximum absolute atomic E-state index is 5.45. The molecule has 0 aliphatic heterocycles. The van der Waals surface area contributed by atoms with Crippen LogP contribution in [0.4, 0.5) is 0 Å². The van der Waals surface area contributed by atoms with E-state index < -0.39 is 0 Å². The highest BCUT2D eigenvalue weighted by atomic mass is 79.9. The number of imidazole rings is 1. The minimum atomic E-state index is 0.686. The molecule has 0 saturated heterocycles. The minimum absolute atomic E-state index is 0.686. The van der Waals surface area contributed by atoms with Crippen molar-refractivity contribution in [3.8, 4) is 17.3 Å². The number of rotatable bonds is 2.